The van der Waals surface area contributed by atoms with Gasteiger partial charge >= 0.3 is 21.6 Å². The van der Waals surface area contributed by atoms with Gasteiger partial charge in [0.2, 0.25) is 0 Å². The number of carboxylic acids is 1. The van der Waals surface area contributed by atoms with Crippen LogP contribution in [-0.2, 0) is 21.3 Å². The fraction of sp³-hybridized carbons (Fsp3) is 0.300. The molecule has 0 unspecified atom stereocenters. The first-order valence-corrected chi connectivity index (χ1v) is 6.25. The maximum atomic E-state index is 12.1. The Balaban J connectivity index is 3.09. The lowest BCUT2D eigenvalue weighted by molar-refractivity contribution is -0.136. The topological polar surface area (TPSA) is 80.7 Å². The zero-order valence-corrected chi connectivity index (χ0v) is 10.4. The fourth-order valence-corrected chi connectivity index (χ4v) is 1.77. The van der Waals surface area contributed by atoms with Crippen LogP contribution in [0, 0.1) is 6.92 Å². The Bertz CT molecular complexity index is 592. The van der Waals surface area contributed by atoms with Crippen LogP contribution in [0.2, 0.25) is 0 Å². The van der Waals surface area contributed by atoms with Gasteiger partial charge in [-0.25, -0.2) is 0 Å². The first kappa shape index (κ1) is 15.3. The maximum absolute atomic E-state index is 12.1. The molecule has 0 saturated heterocycles. The van der Waals surface area contributed by atoms with Crippen molar-refractivity contribution in [2.45, 2.75) is 18.9 Å². The third-order valence-electron chi connectivity index (χ3n) is 1.96. The second-order valence-electron chi connectivity index (χ2n) is 3.71. The van der Waals surface area contributed by atoms with Crippen LogP contribution in [0.15, 0.2) is 18.2 Å². The zero-order valence-electron chi connectivity index (χ0n) is 9.56. The van der Waals surface area contributed by atoms with Crippen molar-refractivity contribution in [1.29, 1.82) is 0 Å². The molecule has 1 aromatic rings. The van der Waals surface area contributed by atoms with Gasteiger partial charge in [0.1, 0.15) is 5.75 Å². The Kier molecular flexibility index (Phi) is 4.09. The summed E-state index contributed by atoms with van der Waals surface area (Å²) in [6.45, 7) is 1.47. The highest BCUT2D eigenvalue weighted by Crippen LogP contribution is 2.28. The number of alkyl halides is 3. The van der Waals surface area contributed by atoms with E-state index in [0.29, 0.717) is 5.56 Å². The van der Waals surface area contributed by atoms with Crippen molar-refractivity contribution in [3.8, 4) is 5.75 Å². The molecule has 0 atom stereocenters. The monoisotopic (exact) mass is 298 g/mol. The third kappa shape index (κ3) is 4.12. The van der Waals surface area contributed by atoms with Gasteiger partial charge in [-0.1, -0.05) is 6.07 Å². The van der Waals surface area contributed by atoms with Crippen molar-refractivity contribution < 1.29 is 35.7 Å². The molecule has 0 radical (unpaired) electrons. The van der Waals surface area contributed by atoms with Crippen molar-refractivity contribution >= 4 is 16.1 Å². The highest BCUT2D eigenvalue weighted by atomic mass is 32.2. The molecule has 1 aromatic carbocycles. The molecule has 19 heavy (non-hydrogen) atoms. The molecule has 1 N–H and O–H groups in total. The van der Waals surface area contributed by atoms with E-state index in [-0.39, 0.29) is 5.56 Å². The maximum Gasteiger partial charge on any atom is 0.534 e. The summed E-state index contributed by atoms with van der Waals surface area (Å²) in [5.41, 5.74) is -5.02. The van der Waals surface area contributed by atoms with Crippen LogP contribution in [0.4, 0.5) is 13.2 Å². The molecule has 0 aliphatic heterocycles. The molecule has 0 aromatic heterocycles. The minimum absolute atomic E-state index is 0.139. The number of hydrogen-bond acceptors (Lipinski definition) is 4. The lowest BCUT2D eigenvalue weighted by Gasteiger charge is -2.11. The largest absolute Gasteiger partial charge is 0.534 e. The van der Waals surface area contributed by atoms with Crippen LogP contribution in [0.1, 0.15) is 11.1 Å². The van der Waals surface area contributed by atoms with E-state index in [1.54, 1.807) is 0 Å². The van der Waals surface area contributed by atoms with Crippen molar-refractivity contribution in [2.24, 2.45) is 0 Å². The van der Waals surface area contributed by atoms with E-state index in [0.717, 1.165) is 12.1 Å². The van der Waals surface area contributed by atoms with E-state index >= 15 is 0 Å². The quantitative estimate of drug-likeness (QED) is 0.677. The second kappa shape index (κ2) is 5.08. The zero-order chi connectivity index (χ0) is 14.8. The van der Waals surface area contributed by atoms with Crippen molar-refractivity contribution in [1.82, 2.24) is 0 Å². The smallest absolute Gasteiger partial charge is 0.481 e. The molecule has 0 spiro atoms. The van der Waals surface area contributed by atoms with Crippen LogP contribution in [0.5, 0.6) is 5.75 Å². The van der Waals surface area contributed by atoms with E-state index in [4.69, 9.17) is 5.11 Å². The van der Waals surface area contributed by atoms with Crippen molar-refractivity contribution in [2.75, 3.05) is 0 Å². The third-order valence-corrected chi connectivity index (χ3v) is 2.93. The van der Waals surface area contributed by atoms with Crippen LogP contribution >= 0.6 is 0 Å². The summed E-state index contributed by atoms with van der Waals surface area (Å²) in [5, 5.41) is 8.57. The van der Waals surface area contributed by atoms with Crippen molar-refractivity contribution in [3.63, 3.8) is 0 Å². The Hall–Kier alpha value is -1.77. The summed E-state index contributed by atoms with van der Waals surface area (Å²) in [5.74, 6) is -1.77. The van der Waals surface area contributed by atoms with E-state index in [2.05, 4.69) is 4.18 Å². The predicted octanol–water partition coefficient (Wildman–Crippen LogP) is 1.85. The lowest BCUT2D eigenvalue weighted by Crippen LogP contribution is -2.28. The van der Waals surface area contributed by atoms with E-state index < -0.39 is 33.8 Å². The average molecular weight is 298 g/mol. The second-order valence-corrected chi connectivity index (χ2v) is 5.25. The number of carbonyl (C=O) groups is 1. The summed E-state index contributed by atoms with van der Waals surface area (Å²) in [6.07, 6.45) is -0.454. The van der Waals surface area contributed by atoms with Gasteiger partial charge in [-0.15, -0.1) is 0 Å². The van der Waals surface area contributed by atoms with E-state index in [1.807, 2.05) is 0 Å². The molecule has 5 nitrogen and oxygen atoms in total. The molecule has 0 aliphatic rings. The number of aryl methyl sites for hydroxylation is 1. The minimum Gasteiger partial charge on any atom is -0.481 e. The average Bonchev–Trinajstić information content (AvgIpc) is 2.11. The summed E-state index contributed by atoms with van der Waals surface area (Å²) in [7, 11) is -5.76. The standard InChI is InChI=1S/C10H9F3O5S/c1-6-2-7(5-9(14)15)4-8(3-6)18-19(16,17)10(11,12)13/h2-4H,5H2,1H3,(H,14,15). The number of carboxylic acid groups (broad SMARTS) is 1. The number of hydrogen-bond donors (Lipinski definition) is 1. The van der Waals surface area contributed by atoms with Gasteiger partial charge < -0.3 is 9.29 Å². The fourth-order valence-electron chi connectivity index (χ4n) is 1.32. The first-order valence-electron chi connectivity index (χ1n) is 4.84. The summed E-state index contributed by atoms with van der Waals surface area (Å²) >= 11 is 0. The molecule has 0 aliphatic carbocycles. The van der Waals surface area contributed by atoms with Gasteiger partial charge in [-0.2, -0.15) is 21.6 Å². The van der Waals surface area contributed by atoms with Gasteiger partial charge in [0.25, 0.3) is 0 Å². The van der Waals surface area contributed by atoms with E-state index in [9.17, 15) is 26.4 Å². The van der Waals surface area contributed by atoms with E-state index in [1.165, 1.54) is 13.0 Å². The number of benzene rings is 1. The first-order chi connectivity index (χ1) is 8.51. The highest BCUT2D eigenvalue weighted by molar-refractivity contribution is 7.87. The molecule has 0 saturated carbocycles. The summed E-state index contributed by atoms with van der Waals surface area (Å²) < 4.78 is 61.9. The summed E-state index contributed by atoms with van der Waals surface area (Å²) in [4.78, 5) is 10.5. The number of aliphatic carboxylic acids is 1. The van der Waals surface area contributed by atoms with Gasteiger partial charge in [-0.05, 0) is 30.2 Å². The summed E-state index contributed by atoms with van der Waals surface area (Å²) in [6, 6.07) is 3.40. The predicted molar refractivity (Wildman–Crippen MR) is 58.1 cm³/mol. The van der Waals surface area contributed by atoms with Crippen LogP contribution < -0.4 is 4.18 Å². The lowest BCUT2D eigenvalue weighted by atomic mass is 10.1. The molecule has 0 heterocycles. The minimum atomic E-state index is -5.76. The van der Waals surface area contributed by atoms with Gasteiger partial charge in [0.15, 0.2) is 0 Å². The SMILES string of the molecule is Cc1cc(CC(=O)O)cc(OS(=O)(=O)C(F)(F)F)c1. The van der Waals surface area contributed by atoms with Crippen LogP contribution in [-0.4, -0.2) is 25.0 Å². The molecule has 0 fully saturated rings. The number of rotatable bonds is 4. The Morgan fingerprint density at radius 1 is 1.32 bits per heavy atom. The van der Waals surface area contributed by atoms with Crippen molar-refractivity contribution in [3.05, 3.63) is 29.3 Å². The van der Waals surface area contributed by atoms with Gasteiger partial charge in [-0.3, -0.25) is 4.79 Å². The highest BCUT2D eigenvalue weighted by Gasteiger charge is 2.48. The molecular weight excluding hydrogens is 289 g/mol. The molecule has 1 rings (SSSR count). The van der Waals surface area contributed by atoms with Crippen LogP contribution in [0.3, 0.4) is 0 Å². The van der Waals surface area contributed by atoms with Gasteiger partial charge in [0.05, 0.1) is 6.42 Å². The molecule has 9 heteroatoms. The molecular formula is C10H9F3O5S. The molecule has 106 valence electrons. The molecule has 0 amide bonds. The Labute approximate surface area is 106 Å². The molecule has 0 bridgehead atoms. The normalized spacial score (nSPS) is 12.2. The van der Waals surface area contributed by atoms with Crippen LogP contribution in [0.25, 0.3) is 0 Å². The Morgan fingerprint density at radius 3 is 2.37 bits per heavy atom. The van der Waals surface area contributed by atoms with Gasteiger partial charge in [0, 0.05) is 0 Å². The Morgan fingerprint density at radius 2 is 1.89 bits per heavy atom. The number of halogens is 3.